The number of aromatic nitrogens is 2. The summed E-state index contributed by atoms with van der Waals surface area (Å²) in [5.41, 5.74) is 5.63. The number of hydrogen-bond acceptors (Lipinski definition) is 7. The number of ketones is 1. The second-order valence-corrected chi connectivity index (χ2v) is 5.16. The standard InChI is InChI=1S/C18H14N4O3/c19-14(15-18(20)22-25-21-15)13(16(23)11-7-3-1-4-8-11)17(24)12-9-5-2-6-10-12/h1-10,19,23H,(H2,20,22)/b16-13-,19-14?. The highest BCUT2D eigenvalue weighted by Gasteiger charge is 2.27. The van der Waals surface area contributed by atoms with Gasteiger partial charge in [-0.2, -0.15) is 0 Å². The molecule has 3 aromatic rings. The van der Waals surface area contributed by atoms with Crippen molar-refractivity contribution in [3.8, 4) is 0 Å². The minimum absolute atomic E-state index is 0.109. The molecule has 0 bridgehead atoms. The predicted molar refractivity (Wildman–Crippen MR) is 92.3 cm³/mol. The second-order valence-electron chi connectivity index (χ2n) is 5.16. The Morgan fingerprint density at radius 2 is 1.52 bits per heavy atom. The smallest absolute Gasteiger partial charge is 0.199 e. The van der Waals surface area contributed by atoms with Crippen molar-refractivity contribution in [3.05, 3.63) is 83.1 Å². The van der Waals surface area contributed by atoms with Gasteiger partial charge in [0.25, 0.3) is 0 Å². The molecule has 25 heavy (non-hydrogen) atoms. The first kappa shape index (κ1) is 16.1. The molecule has 7 nitrogen and oxygen atoms in total. The maximum atomic E-state index is 12.9. The summed E-state index contributed by atoms with van der Waals surface area (Å²) in [6.07, 6.45) is 0. The molecule has 0 spiro atoms. The Hall–Kier alpha value is -3.74. The van der Waals surface area contributed by atoms with Crippen LogP contribution in [-0.2, 0) is 0 Å². The fourth-order valence-corrected chi connectivity index (χ4v) is 2.30. The number of carbonyl (C=O) groups excluding carboxylic acids is 1. The first-order chi connectivity index (χ1) is 12.1. The summed E-state index contributed by atoms with van der Waals surface area (Å²) >= 11 is 0. The number of allylic oxidation sites excluding steroid dienone is 1. The Kier molecular flexibility index (Phi) is 4.38. The van der Waals surface area contributed by atoms with Crippen LogP contribution < -0.4 is 5.73 Å². The molecule has 124 valence electrons. The number of nitrogens with two attached hydrogens (primary N) is 1. The molecule has 2 aromatic carbocycles. The third-order valence-electron chi connectivity index (χ3n) is 3.55. The number of nitrogens with one attached hydrogen (secondary N) is 1. The average Bonchev–Trinajstić information content (AvgIpc) is 3.09. The summed E-state index contributed by atoms with van der Waals surface area (Å²) in [5.74, 6) is -1.01. The van der Waals surface area contributed by atoms with Gasteiger partial charge in [0.15, 0.2) is 17.3 Å². The molecule has 0 radical (unpaired) electrons. The van der Waals surface area contributed by atoms with Crippen LogP contribution in [-0.4, -0.2) is 26.9 Å². The third-order valence-corrected chi connectivity index (χ3v) is 3.55. The summed E-state index contributed by atoms with van der Waals surface area (Å²) in [4.78, 5) is 12.9. The van der Waals surface area contributed by atoms with E-state index in [1.807, 2.05) is 0 Å². The molecule has 1 aromatic heterocycles. The van der Waals surface area contributed by atoms with E-state index in [2.05, 4.69) is 14.9 Å². The van der Waals surface area contributed by atoms with Crippen LogP contribution in [0.1, 0.15) is 21.6 Å². The summed E-state index contributed by atoms with van der Waals surface area (Å²) < 4.78 is 4.51. The molecule has 1 heterocycles. The summed E-state index contributed by atoms with van der Waals surface area (Å²) in [5, 5.41) is 26.0. The van der Waals surface area contributed by atoms with Gasteiger partial charge >= 0.3 is 0 Å². The minimum atomic E-state index is -0.533. The lowest BCUT2D eigenvalue weighted by molar-refractivity contribution is 0.103. The summed E-state index contributed by atoms with van der Waals surface area (Å²) in [6, 6.07) is 16.8. The molecule has 0 aliphatic rings. The van der Waals surface area contributed by atoms with Gasteiger partial charge in [-0.1, -0.05) is 60.7 Å². The van der Waals surface area contributed by atoms with Crippen molar-refractivity contribution in [2.75, 3.05) is 5.73 Å². The largest absolute Gasteiger partial charge is 0.506 e. The predicted octanol–water partition coefficient (Wildman–Crippen LogP) is 2.87. The molecule has 0 fully saturated rings. The molecule has 0 aliphatic carbocycles. The van der Waals surface area contributed by atoms with Crippen LogP contribution in [0.15, 0.2) is 70.9 Å². The number of aliphatic hydroxyl groups is 1. The number of nitrogen functional groups attached to an aromatic ring is 1. The maximum Gasteiger partial charge on any atom is 0.199 e. The van der Waals surface area contributed by atoms with E-state index in [-0.39, 0.29) is 28.6 Å². The lowest BCUT2D eigenvalue weighted by atomic mass is 9.94. The Morgan fingerprint density at radius 3 is 2.04 bits per heavy atom. The Bertz CT molecular complexity index is 947. The van der Waals surface area contributed by atoms with E-state index in [9.17, 15) is 9.90 Å². The Morgan fingerprint density at radius 1 is 0.960 bits per heavy atom. The first-order valence-corrected chi connectivity index (χ1v) is 7.35. The number of nitrogens with zero attached hydrogens (tertiary/aromatic N) is 2. The normalized spacial score (nSPS) is 11.7. The van der Waals surface area contributed by atoms with Gasteiger partial charge in [-0.25, -0.2) is 4.63 Å². The van der Waals surface area contributed by atoms with Gasteiger partial charge in [0.1, 0.15) is 11.5 Å². The number of aliphatic hydroxyl groups excluding tert-OH is 1. The molecule has 7 heteroatoms. The fraction of sp³-hybridized carbons (Fsp3) is 0. The van der Waals surface area contributed by atoms with Crippen molar-refractivity contribution in [3.63, 3.8) is 0 Å². The van der Waals surface area contributed by atoms with Crippen LogP contribution in [0.5, 0.6) is 0 Å². The molecule has 3 rings (SSSR count). The Labute approximate surface area is 142 Å². The summed E-state index contributed by atoms with van der Waals surface area (Å²) in [7, 11) is 0. The zero-order chi connectivity index (χ0) is 17.8. The lowest BCUT2D eigenvalue weighted by Gasteiger charge is -2.10. The van der Waals surface area contributed by atoms with E-state index in [1.165, 1.54) is 0 Å². The van der Waals surface area contributed by atoms with Crippen molar-refractivity contribution < 1.29 is 14.5 Å². The number of hydrogen-bond donors (Lipinski definition) is 3. The number of anilines is 1. The minimum Gasteiger partial charge on any atom is -0.506 e. The molecular weight excluding hydrogens is 320 g/mol. The van der Waals surface area contributed by atoms with Crippen molar-refractivity contribution in [2.24, 2.45) is 0 Å². The van der Waals surface area contributed by atoms with Gasteiger partial charge < -0.3 is 10.8 Å². The third kappa shape index (κ3) is 3.16. The topological polar surface area (TPSA) is 126 Å². The van der Waals surface area contributed by atoms with E-state index in [4.69, 9.17) is 11.1 Å². The van der Waals surface area contributed by atoms with Crippen LogP contribution in [0.4, 0.5) is 5.82 Å². The van der Waals surface area contributed by atoms with Crippen LogP contribution in [0.25, 0.3) is 5.76 Å². The molecule has 0 amide bonds. The Balaban J connectivity index is 2.17. The van der Waals surface area contributed by atoms with Gasteiger partial charge in [-0.15, -0.1) is 0 Å². The summed E-state index contributed by atoms with van der Waals surface area (Å²) in [6.45, 7) is 0. The number of rotatable bonds is 5. The van der Waals surface area contributed by atoms with Crippen molar-refractivity contribution >= 4 is 23.1 Å². The van der Waals surface area contributed by atoms with Gasteiger partial charge in [0, 0.05) is 11.1 Å². The zero-order valence-corrected chi connectivity index (χ0v) is 13.0. The van der Waals surface area contributed by atoms with Crippen molar-refractivity contribution in [2.45, 2.75) is 0 Å². The van der Waals surface area contributed by atoms with E-state index < -0.39 is 5.78 Å². The molecule has 0 unspecified atom stereocenters. The van der Waals surface area contributed by atoms with E-state index >= 15 is 0 Å². The first-order valence-electron chi connectivity index (χ1n) is 7.35. The second kappa shape index (κ2) is 6.79. The highest BCUT2D eigenvalue weighted by molar-refractivity contribution is 6.35. The van der Waals surface area contributed by atoms with E-state index in [0.29, 0.717) is 11.1 Å². The monoisotopic (exact) mass is 334 g/mol. The van der Waals surface area contributed by atoms with E-state index in [1.54, 1.807) is 60.7 Å². The SMILES string of the molecule is N=C(/C(C(=O)c1ccccc1)=C(/O)c1ccccc1)c1nonc1N. The fourth-order valence-electron chi connectivity index (χ4n) is 2.30. The molecule has 0 saturated heterocycles. The highest BCUT2D eigenvalue weighted by atomic mass is 16.6. The molecule has 0 aliphatic heterocycles. The maximum absolute atomic E-state index is 12.9. The van der Waals surface area contributed by atoms with Gasteiger partial charge in [-0.05, 0) is 10.3 Å². The van der Waals surface area contributed by atoms with Crippen LogP contribution >= 0.6 is 0 Å². The van der Waals surface area contributed by atoms with Crippen LogP contribution in [0, 0.1) is 5.41 Å². The molecule has 0 saturated carbocycles. The van der Waals surface area contributed by atoms with Gasteiger partial charge in [0.2, 0.25) is 0 Å². The molecule has 0 atom stereocenters. The molecule has 4 N–H and O–H groups in total. The van der Waals surface area contributed by atoms with Crippen molar-refractivity contribution in [1.29, 1.82) is 5.41 Å². The number of Topliss-reactive ketones (excluding diaryl/α,β-unsaturated/α-hetero) is 1. The van der Waals surface area contributed by atoms with Crippen LogP contribution in [0.2, 0.25) is 0 Å². The average molecular weight is 334 g/mol. The van der Waals surface area contributed by atoms with Crippen LogP contribution in [0.3, 0.4) is 0 Å². The highest BCUT2D eigenvalue weighted by Crippen LogP contribution is 2.24. The quantitative estimate of drug-likeness (QED) is 0.285. The van der Waals surface area contributed by atoms with E-state index in [0.717, 1.165) is 0 Å². The number of benzene rings is 2. The van der Waals surface area contributed by atoms with Crippen molar-refractivity contribution in [1.82, 2.24) is 10.3 Å². The zero-order valence-electron chi connectivity index (χ0n) is 13.0. The molecular formula is C18H14N4O3. The number of carbonyl (C=O) groups is 1. The lowest BCUT2D eigenvalue weighted by Crippen LogP contribution is -2.17. The van der Waals surface area contributed by atoms with Gasteiger partial charge in [0.05, 0.1) is 5.57 Å². The van der Waals surface area contributed by atoms with Gasteiger partial charge in [-0.3, -0.25) is 10.2 Å².